The lowest BCUT2D eigenvalue weighted by atomic mass is 10.2. The smallest absolute Gasteiger partial charge is 0.320 e. The molecule has 1 heterocycles. The highest BCUT2D eigenvalue weighted by molar-refractivity contribution is 6.30. The molecule has 0 saturated carbocycles. The number of aliphatic carboxylic acids is 1. The molecule has 0 spiro atoms. The molecule has 0 aliphatic carbocycles. The molecule has 1 aliphatic rings. The lowest BCUT2D eigenvalue weighted by Crippen LogP contribution is -2.43. The van der Waals surface area contributed by atoms with E-state index in [1.165, 1.54) is 0 Å². The van der Waals surface area contributed by atoms with Crippen LogP contribution in [0.2, 0.25) is 5.02 Å². The van der Waals surface area contributed by atoms with Gasteiger partial charge in [-0.05, 0) is 37.6 Å². The minimum absolute atomic E-state index is 0.105. The minimum atomic E-state index is -0.866. The average molecular weight is 327 g/mol. The maximum Gasteiger partial charge on any atom is 0.320 e. The zero-order chi connectivity index (χ0) is 15.9. The molecule has 0 radical (unpaired) electrons. The summed E-state index contributed by atoms with van der Waals surface area (Å²) < 4.78 is 5.46. The Balaban J connectivity index is 1.66. The summed E-state index contributed by atoms with van der Waals surface area (Å²) in [4.78, 5) is 24.5. The van der Waals surface area contributed by atoms with Gasteiger partial charge in [0.05, 0.1) is 13.1 Å². The first-order valence-corrected chi connectivity index (χ1v) is 7.56. The molecule has 1 amide bonds. The first-order chi connectivity index (χ1) is 10.6. The number of hydrogen-bond acceptors (Lipinski definition) is 4. The molecule has 120 valence electrons. The summed E-state index contributed by atoms with van der Waals surface area (Å²) >= 11 is 5.84. The number of carbonyl (C=O) groups excluding carboxylic acids is 1. The number of ether oxygens (including phenoxy) is 1. The molecule has 0 unspecified atom stereocenters. The summed E-state index contributed by atoms with van der Waals surface area (Å²) in [6.45, 7) is 1.43. The van der Waals surface area contributed by atoms with E-state index in [0.717, 1.165) is 6.42 Å². The molecule has 1 atom stereocenters. The molecule has 7 heteroatoms. The summed E-state index contributed by atoms with van der Waals surface area (Å²) in [6, 6.07) is 6.48. The van der Waals surface area contributed by atoms with Gasteiger partial charge >= 0.3 is 5.97 Å². The lowest BCUT2D eigenvalue weighted by Gasteiger charge is -2.20. The predicted octanol–water partition coefficient (Wildman–Crippen LogP) is 1.38. The van der Waals surface area contributed by atoms with Gasteiger partial charge in [0.1, 0.15) is 18.4 Å². The Morgan fingerprint density at radius 3 is 3.00 bits per heavy atom. The van der Waals surface area contributed by atoms with Gasteiger partial charge in [0.25, 0.3) is 0 Å². The number of benzene rings is 1. The summed E-state index contributed by atoms with van der Waals surface area (Å²) in [6.07, 6.45) is 1.41. The van der Waals surface area contributed by atoms with Crippen molar-refractivity contribution in [3.8, 4) is 5.75 Å². The zero-order valence-corrected chi connectivity index (χ0v) is 12.9. The van der Waals surface area contributed by atoms with Crippen LogP contribution >= 0.6 is 11.6 Å². The van der Waals surface area contributed by atoms with Crippen LogP contribution in [-0.4, -0.2) is 54.2 Å². The van der Waals surface area contributed by atoms with Gasteiger partial charge in [-0.3, -0.25) is 14.5 Å². The second-order valence-corrected chi connectivity index (χ2v) is 5.56. The number of nitrogens with one attached hydrogen (secondary N) is 1. The molecule has 2 rings (SSSR count). The third kappa shape index (κ3) is 4.89. The van der Waals surface area contributed by atoms with E-state index in [2.05, 4.69) is 5.32 Å². The number of carboxylic acid groups (broad SMARTS) is 1. The van der Waals surface area contributed by atoms with Crippen molar-refractivity contribution in [1.29, 1.82) is 0 Å². The SMILES string of the molecule is O=C(CN1CCC[C@@H]1C(=O)O)NCCOc1cccc(Cl)c1. The van der Waals surface area contributed by atoms with Crippen molar-refractivity contribution < 1.29 is 19.4 Å². The van der Waals surface area contributed by atoms with Crippen molar-refractivity contribution >= 4 is 23.5 Å². The monoisotopic (exact) mass is 326 g/mol. The Kier molecular flexibility index (Phi) is 6.03. The highest BCUT2D eigenvalue weighted by atomic mass is 35.5. The van der Waals surface area contributed by atoms with E-state index in [-0.39, 0.29) is 12.5 Å². The summed E-state index contributed by atoms with van der Waals surface area (Å²) in [5.41, 5.74) is 0. The Morgan fingerprint density at radius 2 is 2.27 bits per heavy atom. The molecule has 2 N–H and O–H groups in total. The first-order valence-electron chi connectivity index (χ1n) is 7.18. The topological polar surface area (TPSA) is 78.9 Å². The quantitative estimate of drug-likeness (QED) is 0.740. The van der Waals surface area contributed by atoms with Gasteiger partial charge in [-0.15, -0.1) is 0 Å². The third-order valence-corrected chi connectivity index (χ3v) is 3.72. The van der Waals surface area contributed by atoms with Crippen molar-refractivity contribution in [3.63, 3.8) is 0 Å². The summed E-state index contributed by atoms with van der Waals surface area (Å²) in [5, 5.41) is 12.4. The molecular formula is C15H19ClN2O4. The van der Waals surface area contributed by atoms with Crippen molar-refractivity contribution in [1.82, 2.24) is 10.2 Å². The van der Waals surface area contributed by atoms with Crippen LogP contribution < -0.4 is 10.1 Å². The molecule has 1 fully saturated rings. The normalized spacial score (nSPS) is 18.1. The number of rotatable bonds is 7. The number of halogens is 1. The number of carboxylic acids is 1. The van der Waals surface area contributed by atoms with Gasteiger partial charge in [-0.2, -0.15) is 0 Å². The fourth-order valence-corrected chi connectivity index (χ4v) is 2.63. The Bertz CT molecular complexity index is 538. The molecule has 1 aromatic rings. The Hall–Kier alpha value is -1.79. The second kappa shape index (κ2) is 8.00. The van der Waals surface area contributed by atoms with E-state index in [9.17, 15) is 9.59 Å². The van der Waals surface area contributed by atoms with Crippen molar-refractivity contribution in [3.05, 3.63) is 29.3 Å². The van der Waals surface area contributed by atoms with Crippen LogP contribution in [0.5, 0.6) is 5.75 Å². The Labute approximate surface area is 134 Å². The van der Waals surface area contributed by atoms with Crippen molar-refractivity contribution in [2.45, 2.75) is 18.9 Å². The van der Waals surface area contributed by atoms with Gasteiger partial charge in [0.15, 0.2) is 0 Å². The van der Waals surface area contributed by atoms with Crippen molar-refractivity contribution in [2.75, 3.05) is 26.2 Å². The molecule has 1 saturated heterocycles. The van der Waals surface area contributed by atoms with Crippen LogP contribution in [0.25, 0.3) is 0 Å². The molecule has 6 nitrogen and oxygen atoms in total. The first kappa shape index (κ1) is 16.6. The van der Waals surface area contributed by atoms with Gasteiger partial charge in [-0.1, -0.05) is 17.7 Å². The standard InChI is InChI=1S/C15H19ClN2O4/c16-11-3-1-4-12(9-11)22-8-6-17-14(19)10-18-7-2-5-13(18)15(20)21/h1,3-4,9,13H,2,5-8,10H2,(H,17,19)(H,20,21)/t13-/m1/s1. The van der Waals surface area contributed by atoms with E-state index < -0.39 is 12.0 Å². The van der Waals surface area contributed by atoms with Gasteiger partial charge in [0, 0.05) is 5.02 Å². The second-order valence-electron chi connectivity index (χ2n) is 5.12. The van der Waals surface area contributed by atoms with Crippen LogP contribution in [0.3, 0.4) is 0 Å². The van der Waals surface area contributed by atoms with Crippen molar-refractivity contribution in [2.24, 2.45) is 0 Å². The van der Waals surface area contributed by atoms with Gasteiger partial charge in [0.2, 0.25) is 5.91 Å². The fourth-order valence-electron chi connectivity index (χ4n) is 2.45. The zero-order valence-electron chi connectivity index (χ0n) is 12.1. The molecule has 0 aromatic heterocycles. The van der Waals surface area contributed by atoms with Crippen LogP contribution in [0.15, 0.2) is 24.3 Å². The maximum absolute atomic E-state index is 11.8. The number of nitrogens with zero attached hydrogens (tertiary/aromatic N) is 1. The number of hydrogen-bond donors (Lipinski definition) is 2. The van der Waals surface area contributed by atoms with Crippen LogP contribution in [-0.2, 0) is 9.59 Å². The molecule has 22 heavy (non-hydrogen) atoms. The van der Waals surface area contributed by atoms with E-state index in [4.69, 9.17) is 21.4 Å². The van der Waals surface area contributed by atoms with Crippen LogP contribution in [0.1, 0.15) is 12.8 Å². The predicted molar refractivity (Wildman–Crippen MR) is 82.2 cm³/mol. The Morgan fingerprint density at radius 1 is 1.45 bits per heavy atom. The number of amides is 1. The highest BCUT2D eigenvalue weighted by Gasteiger charge is 2.31. The molecule has 1 aromatic carbocycles. The number of likely N-dealkylation sites (tertiary alicyclic amines) is 1. The summed E-state index contributed by atoms with van der Waals surface area (Å²) in [5.74, 6) is -0.412. The number of carbonyl (C=O) groups is 2. The lowest BCUT2D eigenvalue weighted by molar-refractivity contribution is -0.142. The average Bonchev–Trinajstić information content (AvgIpc) is 2.92. The van der Waals surface area contributed by atoms with Gasteiger partial charge in [-0.25, -0.2) is 0 Å². The van der Waals surface area contributed by atoms with E-state index in [1.54, 1.807) is 29.2 Å². The highest BCUT2D eigenvalue weighted by Crippen LogP contribution is 2.17. The fraction of sp³-hybridized carbons (Fsp3) is 0.467. The van der Waals surface area contributed by atoms with E-state index >= 15 is 0 Å². The van der Waals surface area contributed by atoms with E-state index in [0.29, 0.717) is 36.9 Å². The molecule has 1 aliphatic heterocycles. The van der Waals surface area contributed by atoms with Gasteiger partial charge < -0.3 is 15.2 Å². The van der Waals surface area contributed by atoms with Crippen LogP contribution in [0, 0.1) is 0 Å². The molecule has 0 bridgehead atoms. The van der Waals surface area contributed by atoms with E-state index in [1.807, 2.05) is 0 Å². The third-order valence-electron chi connectivity index (χ3n) is 3.48. The maximum atomic E-state index is 11.8. The largest absolute Gasteiger partial charge is 0.492 e. The molecular weight excluding hydrogens is 308 g/mol. The summed E-state index contributed by atoms with van der Waals surface area (Å²) in [7, 11) is 0. The minimum Gasteiger partial charge on any atom is -0.492 e. The van der Waals surface area contributed by atoms with Crippen LogP contribution in [0.4, 0.5) is 0 Å².